The van der Waals surface area contributed by atoms with Gasteiger partial charge in [-0.05, 0) is 30.8 Å². The monoisotopic (exact) mass is 252 g/mol. The molecule has 0 spiro atoms. The summed E-state index contributed by atoms with van der Waals surface area (Å²) >= 11 is 3.12. The lowest BCUT2D eigenvalue weighted by Crippen LogP contribution is -2.07. The molecule has 1 N–H and O–H groups in total. The Hall–Kier alpha value is -1.14. The van der Waals surface area contributed by atoms with Crippen LogP contribution < -0.4 is 5.32 Å². The molecule has 0 aromatic carbocycles. The number of hydrogen-bond acceptors (Lipinski definition) is 6. The zero-order chi connectivity index (χ0) is 11.4. The third-order valence-electron chi connectivity index (χ3n) is 2.09. The van der Waals surface area contributed by atoms with E-state index >= 15 is 0 Å². The topological polar surface area (TPSA) is 50.7 Å². The van der Waals surface area contributed by atoms with Crippen LogP contribution in [0.25, 0.3) is 0 Å². The largest absolute Gasteiger partial charge is 0.347 e. The highest BCUT2D eigenvalue weighted by atomic mass is 32.2. The molecule has 1 unspecified atom stereocenters. The highest BCUT2D eigenvalue weighted by Gasteiger charge is 2.08. The summed E-state index contributed by atoms with van der Waals surface area (Å²) in [4.78, 5) is 10.7. The van der Waals surface area contributed by atoms with Crippen molar-refractivity contribution in [2.75, 3.05) is 11.6 Å². The fourth-order valence-corrected chi connectivity index (χ4v) is 2.11. The number of aromatic nitrogens is 3. The molecule has 0 amide bonds. The molecule has 4 nitrogen and oxygen atoms in total. The molecule has 6 heteroatoms. The first-order chi connectivity index (χ1) is 7.79. The molecule has 0 aliphatic carbocycles. The van der Waals surface area contributed by atoms with Gasteiger partial charge in [0, 0.05) is 28.4 Å². The lowest BCUT2D eigenvalue weighted by Gasteiger charge is -2.11. The normalized spacial score (nSPS) is 12.4. The molecule has 0 saturated heterocycles. The van der Waals surface area contributed by atoms with Gasteiger partial charge in [-0.1, -0.05) is 0 Å². The molecular weight excluding hydrogens is 240 g/mol. The number of hydrogen-bond donors (Lipinski definition) is 1. The van der Waals surface area contributed by atoms with Gasteiger partial charge in [-0.25, -0.2) is 14.3 Å². The molecule has 0 bridgehead atoms. The third-order valence-corrected chi connectivity index (χ3v) is 3.70. The molecule has 0 radical (unpaired) electrons. The molecule has 0 fully saturated rings. The fourth-order valence-electron chi connectivity index (χ4n) is 1.21. The molecule has 16 heavy (non-hydrogen) atoms. The van der Waals surface area contributed by atoms with Crippen LogP contribution in [0, 0.1) is 0 Å². The van der Waals surface area contributed by atoms with E-state index in [1.54, 1.807) is 18.0 Å². The van der Waals surface area contributed by atoms with Crippen LogP contribution in [0.1, 0.15) is 17.8 Å². The van der Waals surface area contributed by atoms with Crippen molar-refractivity contribution in [2.24, 2.45) is 0 Å². The van der Waals surface area contributed by atoms with Gasteiger partial charge >= 0.3 is 0 Å². The molecule has 2 rings (SSSR count). The smallest absolute Gasteiger partial charge is 0.223 e. The summed E-state index contributed by atoms with van der Waals surface area (Å²) in [6.45, 7) is 2.07. The lowest BCUT2D eigenvalue weighted by molar-refractivity contribution is 0.875. The van der Waals surface area contributed by atoms with Crippen molar-refractivity contribution in [1.82, 2.24) is 14.3 Å². The molecule has 1 atom stereocenters. The Morgan fingerprint density at radius 2 is 2.12 bits per heavy atom. The lowest BCUT2D eigenvalue weighted by atomic mass is 10.3. The van der Waals surface area contributed by atoms with E-state index in [2.05, 4.69) is 26.6 Å². The Balaban J connectivity index is 2.03. The summed E-state index contributed by atoms with van der Waals surface area (Å²) in [5.41, 5.74) is 0. The summed E-state index contributed by atoms with van der Waals surface area (Å²) in [5, 5.41) is 3.23. The van der Waals surface area contributed by atoms with Crippen LogP contribution in [0.3, 0.4) is 0 Å². The van der Waals surface area contributed by atoms with Crippen LogP contribution in [0.5, 0.6) is 0 Å². The standard InChI is InChI=1S/C10H12N4S2/c1-7(9-3-4-13-16-9)14-10-11-5-8(15-2)6-12-10/h3-7H,1-2H3,(H,11,12,14). The van der Waals surface area contributed by atoms with E-state index in [1.165, 1.54) is 16.4 Å². The minimum absolute atomic E-state index is 0.188. The molecule has 0 aliphatic rings. The van der Waals surface area contributed by atoms with Crippen molar-refractivity contribution in [3.63, 3.8) is 0 Å². The second-order valence-corrected chi connectivity index (χ2v) is 4.97. The van der Waals surface area contributed by atoms with Crippen LogP contribution >= 0.6 is 23.3 Å². The van der Waals surface area contributed by atoms with E-state index in [0.29, 0.717) is 5.95 Å². The first kappa shape index (κ1) is 11.3. The van der Waals surface area contributed by atoms with Crippen LogP contribution in [-0.4, -0.2) is 20.6 Å². The average Bonchev–Trinajstić information content (AvgIpc) is 2.83. The number of anilines is 1. The first-order valence-corrected chi connectivity index (χ1v) is 6.82. The summed E-state index contributed by atoms with van der Waals surface area (Å²) in [5.74, 6) is 0.652. The van der Waals surface area contributed by atoms with E-state index in [1.807, 2.05) is 24.7 Å². The number of nitrogens with one attached hydrogen (secondary N) is 1. The zero-order valence-electron chi connectivity index (χ0n) is 9.04. The first-order valence-electron chi connectivity index (χ1n) is 4.82. The Kier molecular flexibility index (Phi) is 3.74. The second-order valence-electron chi connectivity index (χ2n) is 3.23. The van der Waals surface area contributed by atoms with Crippen molar-refractivity contribution in [1.29, 1.82) is 0 Å². The van der Waals surface area contributed by atoms with Crippen molar-refractivity contribution in [2.45, 2.75) is 17.9 Å². The highest BCUT2D eigenvalue weighted by molar-refractivity contribution is 7.98. The van der Waals surface area contributed by atoms with E-state index in [4.69, 9.17) is 0 Å². The van der Waals surface area contributed by atoms with Gasteiger partial charge in [0.25, 0.3) is 0 Å². The van der Waals surface area contributed by atoms with Crippen LogP contribution in [0.4, 0.5) is 5.95 Å². The maximum atomic E-state index is 4.24. The number of nitrogens with zero attached hydrogens (tertiary/aromatic N) is 3. The zero-order valence-corrected chi connectivity index (χ0v) is 10.7. The second kappa shape index (κ2) is 5.27. The third kappa shape index (κ3) is 2.70. The Bertz CT molecular complexity index is 427. The van der Waals surface area contributed by atoms with Crippen LogP contribution in [0.2, 0.25) is 0 Å². The molecule has 0 aliphatic heterocycles. The van der Waals surface area contributed by atoms with Crippen molar-refractivity contribution in [3.05, 3.63) is 29.5 Å². The Labute approximate surface area is 103 Å². The van der Waals surface area contributed by atoms with Gasteiger partial charge in [0.15, 0.2) is 0 Å². The van der Waals surface area contributed by atoms with Gasteiger partial charge in [0.2, 0.25) is 5.95 Å². The van der Waals surface area contributed by atoms with Crippen LogP contribution in [-0.2, 0) is 0 Å². The molecule has 84 valence electrons. The van der Waals surface area contributed by atoms with Gasteiger partial charge in [-0.15, -0.1) is 11.8 Å². The maximum Gasteiger partial charge on any atom is 0.223 e. The average molecular weight is 252 g/mol. The fraction of sp³-hybridized carbons (Fsp3) is 0.300. The summed E-state index contributed by atoms with van der Waals surface area (Å²) < 4.78 is 4.07. The summed E-state index contributed by atoms with van der Waals surface area (Å²) in [7, 11) is 0. The van der Waals surface area contributed by atoms with Crippen molar-refractivity contribution in [3.8, 4) is 0 Å². The van der Waals surface area contributed by atoms with E-state index < -0.39 is 0 Å². The Morgan fingerprint density at radius 1 is 1.38 bits per heavy atom. The molecule has 2 aromatic rings. The minimum Gasteiger partial charge on any atom is -0.347 e. The van der Waals surface area contributed by atoms with Crippen LogP contribution in [0.15, 0.2) is 29.6 Å². The van der Waals surface area contributed by atoms with Gasteiger partial charge in [0.1, 0.15) is 0 Å². The van der Waals surface area contributed by atoms with Crippen molar-refractivity contribution < 1.29 is 0 Å². The SMILES string of the molecule is CSc1cnc(NC(C)c2ccns2)nc1. The van der Waals surface area contributed by atoms with E-state index in [0.717, 1.165) is 4.90 Å². The Morgan fingerprint density at radius 3 is 2.69 bits per heavy atom. The van der Waals surface area contributed by atoms with Gasteiger partial charge < -0.3 is 5.32 Å². The summed E-state index contributed by atoms with van der Waals surface area (Å²) in [6, 6.07) is 2.19. The van der Waals surface area contributed by atoms with Gasteiger partial charge in [-0.3, -0.25) is 0 Å². The number of thioether (sulfide) groups is 1. The predicted molar refractivity (Wildman–Crippen MR) is 68.0 cm³/mol. The van der Waals surface area contributed by atoms with E-state index in [9.17, 15) is 0 Å². The summed E-state index contributed by atoms with van der Waals surface area (Å²) in [6.07, 6.45) is 7.44. The maximum absolute atomic E-state index is 4.24. The quantitative estimate of drug-likeness (QED) is 0.848. The molecular formula is C10H12N4S2. The minimum atomic E-state index is 0.188. The molecule has 2 heterocycles. The highest BCUT2D eigenvalue weighted by Crippen LogP contribution is 2.20. The number of rotatable bonds is 4. The molecule has 0 saturated carbocycles. The predicted octanol–water partition coefficient (Wildman–Crippen LogP) is 2.83. The van der Waals surface area contributed by atoms with Gasteiger partial charge in [0.05, 0.1) is 6.04 Å². The van der Waals surface area contributed by atoms with E-state index in [-0.39, 0.29) is 6.04 Å². The van der Waals surface area contributed by atoms with Crippen molar-refractivity contribution >= 4 is 29.2 Å². The molecule has 2 aromatic heterocycles. The van der Waals surface area contributed by atoms with Gasteiger partial charge in [-0.2, -0.15) is 0 Å².